The lowest BCUT2D eigenvalue weighted by Gasteiger charge is -2.25. The van der Waals surface area contributed by atoms with E-state index in [4.69, 9.17) is 4.74 Å². The van der Waals surface area contributed by atoms with E-state index in [0.717, 1.165) is 64.1 Å². The molecule has 1 saturated carbocycles. The number of amides is 1. The molecule has 1 aliphatic carbocycles. The summed E-state index contributed by atoms with van der Waals surface area (Å²) in [5.74, 6) is 2.64. The van der Waals surface area contributed by atoms with Gasteiger partial charge in [0, 0.05) is 29.5 Å². The van der Waals surface area contributed by atoms with Gasteiger partial charge in [0.1, 0.15) is 5.75 Å². The van der Waals surface area contributed by atoms with Crippen LogP contribution in [-0.4, -0.2) is 33.5 Å². The van der Waals surface area contributed by atoms with Crippen molar-refractivity contribution in [2.24, 2.45) is 0 Å². The molecule has 0 unspecified atom stereocenters. The molecule has 0 radical (unpaired) electrons. The summed E-state index contributed by atoms with van der Waals surface area (Å²) in [5.41, 5.74) is 4.17. The summed E-state index contributed by atoms with van der Waals surface area (Å²) in [7, 11) is 1.68. The zero-order valence-electron chi connectivity index (χ0n) is 20.3. The van der Waals surface area contributed by atoms with Gasteiger partial charge in [0.2, 0.25) is 5.91 Å². The third-order valence-corrected chi connectivity index (χ3v) is 7.51. The van der Waals surface area contributed by atoms with E-state index in [9.17, 15) is 4.79 Å². The van der Waals surface area contributed by atoms with Crippen molar-refractivity contribution in [2.75, 3.05) is 18.2 Å². The summed E-state index contributed by atoms with van der Waals surface area (Å²) in [5, 5.41) is 13.2. The number of carbonyl (C=O) groups excluding carboxylic acids is 1. The highest BCUT2D eigenvalue weighted by Crippen LogP contribution is 2.36. The Bertz CT molecular complexity index is 1080. The maximum Gasteiger partial charge on any atom is 0.224 e. The number of carbonyl (C=O) groups is 1. The first kappa shape index (κ1) is 24.3. The lowest BCUT2D eigenvalue weighted by Crippen LogP contribution is -2.15. The van der Waals surface area contributed by atoms with Crippen LogP contribution in [0.15, 0.2) is 47.6 Å². The van der Waals surface area contributed by atoms with Gasteiger partial charge in [-0.15, -0.1) is 10.2 Å². The van der Waals surface area contributed by atoms with E-state index in [2.05, 4.69) is 32.2 Å². The standard InChI is InChI=1S/C27H34N4O2S/c1-19-9-7-10-20(2)25(19)28-24(32)13-8-18-34-27-30-29-26(21-14-16-23(33-3)17-15-21)31(27)22-11-5-4-6-12-22/h7,9-10,14-17,22H,4-6,8,11-13,18H2,1-3H3,(H,28,32). The summed E-state index contributed by atoms with van der Waals surface area (Å²) in [4.78, 5) is 12.5. The van der Waals surface area contributed by atoms with Gasteiger partial charge in [0.05, 0.1) is 7.11 Å². The SMILES string of the molecule is COc1ccc(-c2nnc(SCCCC(=O)Nc3c(C)cccc3C)n2C2CCCCC2)cc1. The number of ether oxygens (including phenoxy) is 1. The molecule has 3 aromatic rings. The fourth-order valence-electron chi connectivity index (χ4n) is 4.59. The van der Waals surface area contributed by atoms with Gasteiger partial charge >= 0.3 is 0 Å². The third-order valence-electron chi connectivity index (χ3n) is 6.48. The minimum Gasteiger partial charge on any atom is -0.497 e. The van der Waals surface area contributed by atoms with E-state index in [-0.39, 0.29) is 5.91 Å². The van der Waals surface area contributed by atoms with E-state index in [1.54, 1.807) is 18.9 Å². The van der Waals surface area contributed by atoms with E-state index in [0.29, 0.717) is 12.5 Å². The number of thioether (sulfide) groups is 1. The summed E-state index contributed by atoms with van der Waals surface area (Å²) in [6, 6.07) is 14.5. The zero-order chi connectivity index (χ0) is 23.9. The maximum atomic E-state index is 12.5. The van der Waals surface area contributed by atoms with Crippen LogP contribution in [0.4, 0.5) is 5.69 Å². The van der Waals surface area contributed by atoms with Gasteiger partial charge in [-0.1, -0.05) is 49.2 Å². The molecule has 2 aromatic carbocycles. The molecule has 34 heavy (non-hydrogen) atoms. The second-order valence-electron chi connectivity index (χ2n) is 8.96. The van der Waals surface area contributed by atoms with Crippen LogP contribution in [0.2, 0.25) is 0 Å². The fourth-order valence-corrected chi connectivity index (χ4v) is 5.53. The number of methoxy groups -OCH3 is 1. The molecule has 0 atom stereocenters. The quantitative estimate of drug-likeness (QED) is 0.278. The van der Waals surface area contributed by atoms with E-state index in [1.807, 2.05) is 44.2 Å². The largest absolute Gasteiger partial charge is 0.497 e. The van der Waals surface area contributed by atoms with E-state index >= 15 is 0 Å². The molecular formula is C27H34N4O2S. The topological polar surface area (TPSA) is 69.0 Å². The Morgan fingerprint density at radius 1 is 1.06 bits per heavy atom. The minimum atomic E-state index is 0.0608. The van der Waals surface area contributed by atoms with Crippen LogP contribution < -0.4 is 10.1 Å². The Balaban J connectivity index is 1.41. The Kier molecular flexibility index (Phi) is 8.27. The molecule has 1 fully saturated rings. The molecule has 1 aliphatic rings. The molecule has 0 aliphatic heterocycles. The number of rotatable bonds is 9. The molecule has 6 nitrogen and oxygen atoms in total. The first-order valence-corrected chi connectivity index (χ1v) is 13.1. The van der Waals surface area contributed by atoms with E-state index in [1.165, 1.54) is 19.3 Å². The molecule has 180 valence electrons. The Labute approximate surface area is 206 Å². The molecular weight excluding hydrogens is 444 g/mol. The number of hydrogen-bond donors (Lipinski definition) is 1. The number of aromatic nitrogens is 3. The summed E-state index contributed by atoms with van der Waals surface area (Å²) in [6.07, 6.45) is 7.38. The van der Waals surface area contributed by atoms with Crippen LogP contribution in [0.25, 0.3) is 11.4 Å². The van der Waals surface area contributed by atoms with Crippen molar-refractivity contribution in [3.8, 4) is 17.1 Å². The molecule has 4 rings (SSSR count). The van der Waals surface area contributed by atoms with Gasteiger partial charge in [0.25, 0.3) is 0 Å². The fraction of sp³-hybridized carbons (Fsp3) is 0.444. The average Bonchev–Trinajstić information content (AvgIpc) is 3.28. The Morgan fingerprint density at radius 2 is 1.76 bits per heavy atom. The lowest BCUT2D eigenvalue weighted by molar-refractivity contribution is -0.116. The van der Waals surface area contributed by atoms with Crippen LogP contribution in [0.5, 0.6) is 5.75 Å². The molecule has 1 amide bonds. The normalized spacial score (nSPS) is 14.2. The van der Waals surface area contributed by atoms with Gasteiger partial charge in [-0.2, -0.15) is 0 Å². The first-order chi connectivity index (χ1) is 16.6. The number of nitrogens with zero attached hydrogens (tertiary/aromatic N) is 3. The van der Waals surface area contributed by atoms with Crippen LogP contribution in [0.3, 0.4) is 0 Å². The van der Waals surface area contributed by atoms with Crippen LogP contribution in [0, 0.1) is 13.8 Å². The van der Waals surface area contributed by atoms with Crippen molar-refractivity contribution >= 4 is 23.4 Å². The molecule has 7 heteroatoms. The molecule has 1 aromatic heterocycles. The molecule has 1 N–H and O–H groups in total. The van der Waals surface area contributed by atoms with Crippen molar-refractivity contribution in [1.29, 1.82) is 0 Å². The van der Waals surface area contributed by atoms with Crippen molar-refractivity contribution in [2.45, 2.75) is 70.0 Å². The smallest absolute Gasteiger partial charge is 0.224 e. The van der Waals surface area contributed by atoms with Crippen molar-refractivity contribution in [1.82, 2.24) is 14.8 Å². The second kappa shape index (κ2) is 11.6. The van der Waals surface area contributed by atoms with Crippen molar-refractivity contribution in [3.05, 3.63) is 53.6 Å². The average molecular weight is 479 g/mol. The van der Waals surface area contributed by atoms with Gasteiger partial charge < -0.3 is 10.1 Å². The molecule has 0 spiro atoms. The van der Waals surface area contributed by atoms with Gasteiger partial charge in [-0.3, -0.25) is 9.36 Å². The first-order valence-electron chi connectivity index (χ1n) is 12.1. The van der Waals surface area contributed by atoms with Gasteiger partial charge in [0.15, 0.2) is 11.0 Å². The predicted octanol–water partition coefficient (Wildman–Crippen LogP) is 6.59. The number of nitrogens with one attached hydrogen (secondary N) is 1. The number of hydrogen-bond acceptors (Lipinski definition) is 5. The molecule has 1 heterocycles. The highest BCUT2D eigenvalue weighted by Gasteiger charge is 2.24. The zero-order valence-corrected chi connectivity index (χ0v) is 21.2. The summed E-state index contributed by atoms with van der Waals surface area (Å²) in [6.45, 7) is 4.05. The number of anilines is 1. The monoisotopic (exact) mass is 478 g/mol. The Morgan fingerprint density at radius 3 is 2.44 bits per heavy atom. The summed E-state index contributed by atoms with van der Waals surface area (Å²) >= 11 is 1.70. The predicted molar refractivity (Wildman–Crippen MR) is 139 cm³/mol. The highest BCUT2D eigenvalue weighted by atomic mass is 32.2. The van der Waals surface area contributed by atoms with E-state index < -0.39 is 0 Å². The van der Waals surface area contributed by atoms with Crippen LogP contribution >= 0.6 is 11.8 Å². The van der Waals surface area contributed by atoms with Crippen LogP contribution in [-0.2, 0) is 4.79 Å². The molecule has 0 bridgehead atoms. The minimum absolute atomic E-state index is 0.0608. The van der Waals surface area contributed by atoms with Gasteiger partial charge in [-0.05, 0) is 68.5 Å². The maximum absolute atomic E-state index is 12.5. The number of para-hydroxylation sites is 1. The second-order valence-corrected chi connectivity index (χ2v) is 10.0. The van der Waals surface area contributed by atoms with Gasteiger partial charge in [-0.25, -0.2) is 0 Å². The highest BCUT2D eigenvalue weighted by molar-refractivity contribution is 7.99. The number of aryl methyl sites for hydroxylation is 2. The Hall–Kier alpha value is -2.80. The van der Waals surface area contributed by atoms with Crippen LogP contribution in [0.1, 0.15) is 62.1 Å². The lowest BCUT2D eigenvalue weighted by atomic mass is 9.95. The number of benzene rings is 2. The third kappa shape index (κ3) is 5.81. The van der Waals surface area contributed by atoms with Crippen molar-refractivity contribution < 1.29 is 9.53 Å². The molecule has 0 saturated heterocycles. The summed E-state index contributed by atoms with van der Waals surface area (Å²) < 4.78 is 7.65. The van der Waals surface area contributed by atoms with Crippen molar-refractivity contribution in [3.63, 3.8) is 0 Å².